The Hall–Kier alpha value is -1.63. The van der Waals surface area contributed by atoms with Crippen LogP contribution >= 0.6 is 0 Å². The first-order valence-electron chi connectivity index (χ1n) is 6.36. The lowest BCUT2D eigenvalue weighted by Crippen LogP contribution is -2.43. The number of urea groups is 1. The summed E-state index contributed by atoms with van der Waals surface area (Å²) in [5.74, 6) is -1.65. The number of nitrogens with zero attached hydrogens (tertiary/aromatic N) is 1. The molecule has 0 radical (unpaired) electrons. The molecule has 110 valence electrons. The molecule has 3 N–H and O–H groups in total. The number of carbonyl (C=O) groups excluding carboxylic acids is 2. The first-order valence-corrected chi connectivity index (χ1v) is 6.36. The molecule has 0 aliphatic rings. The number of hydrogen-bond acceptors (Lipinski definition) is 4. The molecular weight excluding hydrogens is 250 g/mol. The van der Waals surface area contributed by atoms with E-state index in [1.54, 1.807) is 0 Å². The molecule has 7 heteroatoms. The van der Waals surface area contributed by atoms with E-state index in [-0.39, 0.29) is 12.8 Å². The van der Waals surface area contributed by atoms with Crippen LogP contribution < -0.4 is 10.6 Å². The minimum absolute atomic E-state index is 0.199. The number of rotatable bonds is 8. The number of carboxylic acid groups (broad SMARTS) is 1. The lowest BCUT2D eigenvalue weighted by molar-refractivity contribution is -0.138. The van der Waals surface area contributed by atoms with Crippen LogP contribution in [-0.4, -0.2) is 54.1 Å². The Morgan fingerprint density at radius 3 is 2.42 bits per heavy atom. The van der Waals surface area contributed by atoms with Crippen molar-refractivity contribution in [3.05, 3.63) is 0 Å². The predicted molar refractivity (Wildman–Crippen MR) is 70.8 cm³/mol. The average Bonchev–Trinajstić information content (AvgIpc) is 2.35. The maximum Gasteiger partial charge on any atom is 0.321 e. The number of hydrogen-bond donors (Lipinski definition) is 3. The minimum Gasteiger partial charge on any atom is -0.481 e. The summed E-state index contributed by atoms with van der Waals surface area (Å²) in [5, 5.41) is 13.0. The summed E-state index contributed by atoms with van der Waals surface area (Å²) in [7, 11) is 1.96. The van der Waals surface area contributed by atoms with E-state index in [9.17, 15) is 14.4 Å². The predicted octanol–water partition coefficient (Wildman–Crippen LogP) is 0.407. The van der Waals surface area contributed by atoms with Gasteiger partial charge in [0, 0.05) is 25.6 Å². The molecule has 7 nitrogen and oxygen atoms in total. The molecule has 0 bridgehead atoms. The van der Waals surface area contributed by atoms with Gasteiger partial charge in [-0.25, -0.2) is 4.79 Å². The number of likely N-dealkylation sites (N-methyl/N-ethyl adjacent to an activating group) is 1. The van der Waals surface area contributed by atoms with Gasteiger partial charge in [-0.2, -0.15) is 0 Å². The minimum atomic E-state index is -1.06. The fraction of sp³-hybridized carbons (Fsp3) is 0.750. The third-order valence-electron chi connectivity index (χ3n) is 2.91. The standard InChI is InChI=1S/C12H23N3O4/c1-4-9(2)15(3)8-7-13-12(19)14-10(16)5-6-11(17)18/h9H,4-8H2,1-3H3,(H,17,18)(H2,13,14,16,19). The SMILES string of the molecule is CCC(C)N(C)CCNC(=O)NC(=O)CCC(=O)O. The monoisotopic (exact) mass is 273 g/mol. The van der Waals surface area contributed by atoms with E-state index < -0.39 is 17.9 Å². The van der Waals surface area contributed by atoms with Crippen molar-refractivity contribution in [3.8, 4) is 0 Å². The second-order valence-corrected chi connectivity index (χ2v) is 4.44. The normalized spacial score (nSPS) is 12.0. The van der Waals surface area contributed by atoms with Crippen molar-refractivity contribution in [1.29, 1.82) is 0 Å². The Morgan fingerprint density at radius 1 is 1.26 bits per heavy atom. The largest absolute Gasteiger partial charge is 0.481 e. The molecule has 0 rings (SSSR count). The molecule has 3 amide bonds. The summed E-state index contributed by atoms with van der Waals surface area (Å²) < 4.78 is 0. The van der Waals surface area contributed by atoms with Crippen molar-refractivity contribution in [1.82, 2.24) is 15.5 Å². The Kier molecular flexibility index (Phi) is 8.52. The Balaban J connectivity index is 3.75. The zero-order valence-corrected chi connectivity index (χ0v) is 11.7. The molecule has 0 heterocycles. The van der Waals surface area contributed by atoms with E-state index in [1.807, 2.05) is 7.05 Å². The molecule has 0 aliphatic carbocycles. The molecular formula is C12H23N3O4. The molecule has 0 aromatic carbocycles. The average molecular weight is 273 g/mol. The summed E-state index contributed by atoms with van der Waals surface area (Å²) in [6.07, 6.45) is 0.543. The number of carbonyl (C=O) groups is 3. The second-order valence-electron chi connectivity index (χ2n) is 4.44. The zero-order chi connectivity index (χ0) is 14.8. The molecule has 0 aliphatic heterocycles. The molecule has 1 unspecified atom stereocenters. The van der Waals surface area contributed by atoms with Gasteiger partial charge in [-0.1, -0.05) is 6.92 Å². The van der Waals surface area contributed by atoms with Gasteiger partial charge >= 0.3 is 12.0 Å². The van der Waals surface area contributed by atoms with Crippen LogP contribution in [0.5, 0.6) is 0 Å². The molecule has 0 saturated carbocycles. The van der Waals surface area contributed by atoms with Gasteiger partial charge < -0.3 is 15.3 Å². The fourth-order valence-corrected chi connectivity index (χ4v) is 1.33. The summed E-state index contributed by atoms with van der Waals surface area (Å²) in [6, 6.07) is -0.157. The zero-order valence-electron chi connectivity index (χ0n) is 11.7. The molecule has 1 atom stereocenters. The highest BCUT2D eigenvalue weighted by Gasteiger charge is 2.10. The van der Waals surface area contributed by atoms with Gasteiger partial charge in [-0.05, 0) is 20.4 Å². The highest BCUT2D eigenvalue weighted by molar-refractivity contribution is 5.95. The number of carboxylic acids is 1. The lowest BCUT2D eigenvalue weighted by atomic mass is 10.2. The number of amides is 3. The van der Waals surface area contributed by atoms with Crippen molar-refractivity contribution in [2.45, 2.75) is 39.2 Å². The number of imide groups is 1. The first kappa shape index (κ1) is 17.4. The Labute approximate surface area is 113 Å². The van der Waals surface area contributed by atoms with Crippen LogP contribution in [0.4, 0.5) is 4.79 Å². The van der Waals surface area contributed by atoms with E-state index in [0.29, 0.717) is 19.1 Å². The molecule has 0 spiro atoms. The topological polar surface area (TPSA) is 98.7 Å². The van der Waals surface area contributed by atoms with Gasteiger partial charge in [0.2, 0.25) is 5.91 Å². The number of nitrogens with one attached hydrogen (secondary N) is 2. The van der Waals surface area contributed by atoms with Crippen molar-refractivity contribution in [2.75, 3.05) is 20.1 Å². The van der Waals surface area contributed by atoms with Crippen LogP contribution in [0.2, 0.25) is 0 Å². The van der Waals surface area contributed by atoms with Crippen LogP contribution in [0.15, 0.2) is 0 Å². The molecule has 0 fully saturated rings. The van der Waals surface area contributed by atoms with Crippen LogP contribution in [0.1, 0.15) is 33.1 Å². The molecule has 0 aromatic rings. The van der Waals surface area contributed by atoms with Crippen molar-refractivity contribution in [2.24, 2.45) is 0 Å². The molecule has 0 aromatic heterocycles. The molecule has 19 heavy (non-hydrogen) atoms. The smallest absolute Gasteiger partial charge is 0.321 e. The van der Waals surface area contributed by atoms with Gasteiger partial charge in [0.1, 0.15) is 0 Å². The van der Waals surface area contributed by atoms with Gasteiger partial charge in [0.05, 0.1) is 6.42 Å². The van der Waals surface area contributed by atoms with Gasteiger partial charge in [-0.15, -0.1) is 0 Å². The second kappa shape index (κ2) is 9.32. The highest BCUT2D eigenvalue weighted by Crippen LogP contribution is 1.98. The van der Waals surface area contributed by atoms with Crippen molar-refractivity contribution < 1.29 is 19.5 Å². The van der Waals surface area contributed by atoms with E-state index in [0.717, 1.165) is 6.42 Å². The van der Waals surface area contributed by atoms with Crippen molar-refractivity contribution in [3.63, 3.8) is 0 Å². The van der Waals surface area contributed by atoms with Crippen LogP contribution in [-0.2, 0) is 9.59 Å². The Bertz CT molecular complexity index is 320. The van der Waals surface area contributed by atoms with E-state index in [4.69, 9.17) is 5.11 Å². The molecule has 0 saturated heterocycles. The van der Waals surface area contributed by atoms with E-state index in [2.05, 4.69) is 29.4 Å². The quantitative estimate of drug-likeness (QED) is 0.595. The van der Waals surface area contributed by atoms with Crippen molar-refractivity contribution >= 4 is 17.9 Å². The summed E-state index contributed by atoms with van der Waals surface area (Å²) in [6.45, 7) is 5.29. The summed E-state index contributed by atoms with van der Waals surface area (Å²) >= 11 is 0. The number of aliphatic carboxylic acids is 1. The summed E-state index contributed by atoms with van der Waals surface area (Å²) in [4.78, 5) is 34.8. The maximum absolute atomic E-state index is 11.3. The fourth-order valence-electron chi connectivity index (χ4n) is 1.33. The van der Waals surface area contributed by atoms with E-state index in [1.165, 1.54) is 0 Å². The van der Waals surface area contributed by atoms with Crippen LogP contribution in [0, 0.1) is 0 Å². The lowest BCUT2D eigenvalue weighted by Gasteiger charge is -2.23. The summed E-state index contributed by atoms with van der Waals surface area (Å²) in [5.41, 5.74) is 0. The maximum atomic E-state index is 11.3. The third-order valence-corrected chi connectivity index (χ3v) is 2.91. The van der Waals surface area contributed by atoms with E-state index >= 15 is 0 Å². The van der Waals surface area contributed by atoms with Gasteiger partial charge in [-0.3, -0.25) is 14.9 Å². The van der Waals surface area contributed by atoms with Crippen LogP contribution in [0.25, 0.3) is 0 Å². The highest BCUT2D eigenvalue weighted by atomic mass is 16.4. The van der Waals surface area contributed by atoms with Gasteiger partial charge in [0.15, 0.2) is 0 Å². The Morgan fingerprint density at radius 2 is 1.89 bits per heavy atom. The van der Waals surface area contributed by atoms with Gasteiger partial charge in [0.25, 0.3) is 0 Å². The first-order chi connectivity index (χ1) is 8.86. The third kappa shape index (κ3) is 9.01. The van der Waals surface area contributed by atoms with Crippen LogP contribution in [0.3, 0.4) is 0 Å².